The molecule has 0 aliphatic heterocycles. The maximum atomic E-state index is 12.8. The van der Waals surface area contributed by atoms with E-state index in [1.165, 1.54) is 37.4 Å². The van der Waals surface area contributed by atoms with Crippen LogP contribution in [0, 0.1) is 0 Å². The molecule has 0 aliphatic carbocycles. The van der Waals surface area contributed by atoms with E-state index in [1.54, 1.807) is 24.3 Å². The van der Waals surface area contributed by atoms with Crippen molar-refractivity contribution in [1.29, 1.82) is 0 Å². The number of thiophene rings is 1. The number of ether oxygens (including phenoxy) is 1. The summed E-state index contributed by atoms with van der Waals surface area (Å²) in [5.41, 5.74) is 3.91. The zero-order chi connectivity index (χ0) is 25.6. The Bertz CT molecular complexity index is 1370. The van der Waals surface area contributed by atoms with Gasteiger partial charge < -0.3 is 9.84 Å². The summed E-state index contributed by atoms with van der Waals surface area (Å²) < 4.78 is 33.5. The van der Waals surface area contributed by atoms with E-state index in [2.05, 4.69) is 15.2 Å². The monoisotopic (exact) mass is 535 g/mol. The van der Waals surface area contributed by atoms with Crippen molar-refractivity contribution in [2.24, 2.45) is 5.10 Å². The van der Waals surface area contributed by atoms with Crippen LogP contribution in [0.2, 0.25) is 4.34 Å². The predicted octanol–water partition coefficient (Wildman–Crippen LogP) is 4.38. The van der Waals surface area contributed by atoms with Gasteiger partial charge in [0.15, 0.2) is 6.10 Å². The molecule has 0 spiro atoms. The number of anilines is 1. The first-order chi connectivity index (χ1) is 16.6. The van der Waals surface area contributed by atoms with Gasteiger partial charge in [-0.05, 0) is 55.3 Å². The van der Waals surface area contributed by atoms with Crippen molar-refractivity contribution in [3.05, 3.63) is 75.6 Å². The Morgan fingerprint density at radius 2 is 1.94 bits per heavy atom. The molecule has 0 radical (unpaired) electrons. The van der Waals surface area contributed by atoms with Crippen molar-refractivity contribution in [3.8, 4) is 5.75 Å². The van der Waals surface area contributed by atoms with Crippen LogP contribution in [0.1, 0.15) is 35.3 Å². The van der Waals surface area contributed by atoms with Gasteiger partial charge in [-0.2, -0.15) is 5.10 Å². The summed E-state index contributed by atoms with van der Waals surface area (Å²) in [6.45, 7) is 3.36. The Hall–Kier alpha value is -3.41. The molecule has 2 aromatic carbocycles. The van der Waals surface area contributed by atoms with Crippen LogP contribution in [0.4, 0.5) is 5.69 Å². The first kappa shape index (κ1) is 26.2. The lowest BCUT2D eigenvalue weighted by molar-refractivity contribution is -0.144. The summed E-state index contributed by atoms with van der Waals surface area (Å²) >= 11 is 6.73. The second kappa shape index (κ2) is 11.3. The number of carboxylic acid groups (broad SMARTS) is 1. The molecule has 3 rings (SSSR count). The SMILES string of the molecule is CCc1ccc(OC(C)C(=O)O)c(/C=N\NC(=O)c2ccccc2NS(=O)(=O)c2ccc(Cl)s2)c1. The molecule has 0 fully saturated rings. The van der Waals surface area contributed by atoms with Gasteiger partial charge in [-0.3, -0.25) is 9.52 Å². The molecule has 1 amide bonds. The molecule has 9 nitrogen and oxygen atoms in total. The van der Waals surface area contributed by atoms with E-state index in [-0.39, 0.29) is 21.2 Å². The van der Waals surface area contributed by atoms with Gasteiger partial charge in [0.25, 0.3) is 15.9 Å². The number of halogens is 1. The van der Waals surface area contributed by atoms with Crippen LogP contribution in [0.5, 0.6) is 5.75 Å². The number of hydrogen-bond acceptors (Lipinski definition) is 7. The number of sulfonamides is 1. The van der Waals surface area contributed by atoms with E-state index in [0.29, 0.717) is 9.90 Å². The number of nitrogens with zero attached hydrogens (tertiary/aromatic N) is 1. The molecule has 0 aliphatic rings. The quantitative estimate of drug-likeness (QED) is 0.260. The topological polar surface area (TPSA) is 134 Å². The van der Waals surface area contributed by atoms with Crippen LogP contribution >= 0.6 is 22.9 Å². The third-order valence-electron chi connectivity index (χ3n) is 4.73. The van der Waals surface area contributed by atoms with Crippen LogP contribution in [-0.4, -0.2) is 37.7 Å². The Balaban J connectivity index is 1.79. The maximum Gasteiger partial charge on any atom is 0.344 e. The summed E-state index contributed by atoms with van der Waals surface area (Å²) in [4.78, 5) is 23.9. The number of carbonyl (C=O) groups is 2. The minimum absolute atomic E-state index is 0.00894. The molecule has 3 aromatic rings. The minimum Gasteiger partial charge on any atom is -0.479 e. The van der Waals surface area contributed by atoms with Gasteiger partial charge in [0, 0.05) is 5.56 Å². The van der Waals surface area contributed by atoms with E-state index in [0.717, 1.165) is 23.3 Å². The molecular weight excluding hydrogens is 514 g/mol. The molecule has 0 bridgehead atoms. The number of carbonyl (C=O) groups excluding carboxylic acids is 1. The van der Waals surface area contributed by atoms with E-state index in [9.17, 15) is 18.0 Å². The average molecular weight is 536 g/mol. The Kier molecular flexibility index (Phi) is 8.49. The van der Waals surface area contributed by atoms with Gasteiger partial charge >= 0.3 is 5.97 Å². The normalized spacial score (nSPS) is 12.3. The molecule has 0 saturated carbocycles. The van der Waals surface area contributed by atoms with Crippen molar-refractivity contribution >= 4 is 56.7 Å². The van der Waals surface area contributed by atoms with Crippen LogP contribution in [0.3, 0.4) is 0 Å². The highest BCUT2D eigenvalue weighted by Gasteiger charge is 2.20. The molecule has 35 heavy (non-hydrogen) atoms. The number of benzene rings is 2. The van der Waals surface area contributed by atoms with E-state index < -0.39 is 28.0 Å². The number of nitrogens with one attached hydrogen (secondary N) is 2. The maximum absolute atomic E-state index is 12.8. The highest BCUT2D eigenvalue weighted by molar-refractivity contribution is 7.94. The molecule has 0 saturated heterocycles. The number of hydrazone groups is 1. The van der Waals surface area contributed by atoms with Gasteiger partial charge in [0.1, 0.15) is 9.96 Å². The highest BCUT2D eigenvalue weighted by atomic mass is 35.5. The fourth-order valence-electron chi connectivity index (χ4n) is 2.89. The Morgan fingerprint density at radius 1 is 1.20 bits per heavy atom. The summed E-state index contributed by atoms with van der Waals surface area (Å²) in [5.74, 6) is -1.49. The van der Waals surface area contributed by atoms with Gasteiger partial charge in [-0.25, -0.2) is 18.6 Å². The first-order valence-electron chi connectivity index (χ1n) is 10.3. The van der Waals surface area contributed by atoms with E-state index in [4.69, 9.17) is 21.4 Å². The summed E-state index contributed by atoms with van der Waals surface area (Å²) in [5, 5.41) is 13.1. The predicted molar refractivity (Wildman–Crippen MR) is 135 cm³/mol. The molecule has 3 N–H and O–H groups in total. The molecule has 1 unspecified atom stereocenters. The Labute approximate surface area is 211 Å². The fraction of sp³-hybridized carbons (Fsp3) is 0.174. The van der Waals surface area contributed by atoms with Gasteiger partial charge in [-0.1, -0.05) is 36.7 Å². The smallest absolute Gasteiger partial charge is 0.344 e. The molecule has 1 atom stereocenters. The van der Waals surface area contributed by atoms with Crippen LogP contribution < -0.4 is 14.9 Å². The van der Waals surface area contributed by atoms with Gasteiger partial charge in [0.05, 0.1) is 21.8 Å². The molecular formula is C23H22ClN3O6S2. The fourth-order valence-corrected chi connectivity index (χ4v) is 5.46. The van der Waals surface area contributed by atoms with E-state index in [1.807, 2.05) is 13.0 Å². The average Bonchev–Trinajstić information content (AvgIpc) is 3.27. The zero-order valence-electron chi connectivity index (χ0n) is 18.7. The lowest BCUT2D eigenvalue weighted by Crippen LogP contribution is -2.23. The van der Waals surface area contributed by atoms with Gasteiger partial charge in [0.2, 0.25) is 0 Å². The summed E-state index contributed by atoms with van der Waals surface area (Å²) in [7, 11) is -3.94. The third-order valence-corrected chi connectivity index (χ3v) is 7.82. The first-order valence-corrected chi connectivity index (χ1v) is 13.0. The third kappa shape index (κ3) is 6.81. The molecule has 1 aromatic heterocycles. The summed E-state index contributed by atoms with van der Waals surface area (Å²) in [6.07, 6.45) is 0.981. The van der Waals surface area contributed by atoms with Crippen molar-refractivity contribution in [3.63, 3.8) is 0 Å². The van der Waals surface area contributed by atoms with Crippen molar-refractivity contribution in [2.45, 2.75) is 30.6 Å². The van der Waals surface area contributed by atoms with E-state index >= 15 is 0 Å². The standard InChI is InChI=1S/C23H22ClN3O6S2/c1-3-15-8-9-19(33-14(2)23(29)30)16(12-15)13-25-26-22(28)17-6-4-5-7-18(17)27-35(31,32)21-11-10-20(24)34-21/h4-14,27H,3H2,1-2H3,(H,26,28)(H,29,30)/b25-13-. The van der Waals surface area contributed by atoms with Crippen LogP contribution in [-0.2, 0) is 21.2 Å². The number of hydrogen-bond donors (Lipinski definition) is 3. The number of carboxylic acids is 1. The number of aryl methyl sites for hydroxylation is 1. The Morgan fingerprint density at radius 3 is 2.60 bits per heavy atom. The van der Waals surface area contributed by atoms with Crippen LogP contribution in [0.15, 0.2) is 63.9 Å². The van der Waals surface area contributed by atoms with Crippen molar-refractivity contribution in [1.82, 2.24) is 5.43 Å². The van der Waals surface area contributed by atoms with Crippen molar-refractivity contribution in [2.75, 3.05) is 4.72 Å². The lowest BCUT2D eigenvalue weighted by Gasteiger charge is -2.13. The molecule has 184 valence electrons. The number of para-hydroxylation sites is 1. The largest absolute Gasteiger partial charge is 0.479 e. The molecule has 1 heterocycles. The molecule has 12 heteroatoms. The zero-order valence-corrected chi connectivity index (χ0v) is 21.1. The highest BCUT2D eigenvalue weighted by Crippen LogP contribution is 2.28. The lowest BCUT2D eigenvalue weighted by atomic mass is 10.1. The number of rotatable bonds is 10. The van der Waals surface area contributed by atoms with Crippen molar-refractivity contribution < 1.29 is 27.9 Å². The second-order valence-corrected chi connectivity index (χ2v) is 10.9. The van der Waals surface area contributed by atoms with Crippen LogP contribution in [0.25, 0.3) is 0 Å². The number of aliphatic carboxylic acids is 1. The number of amides is 1. The second-order valence-electron chi connectivity index (χ2n) is 7.23. The minimum atomic E-state index is -3.94. The van der Waals surface area contributed by atoms with Gasteiger partial charge in [-0.15, -0.1) is 11.3 Å². The summed E-state index contributed by atoms with van der Waals surface area (Å²) in [6, 6.07) is 14.1.